The summed E-state index contributed by atoms with van der Waals surface area (Å²) >= 11 is 1.73. The summed E-state index contributed by atoms with van der Waals surface area (Å²) in [4.78, 5) is 1.31. The van der Waals surface area contributed by atoms with Crippen molar-refractivity contribution in [3.05, 3.63) is 22.4 Å². The molecule has 4 heteroatoms. The summed E-state index contributed by atoms with van der Waals surface area (Å²) < 4.78 is 11.2. The predicted molar refractivity (Wildman–Crippen MR) is 52.9 cm³/mol. The van der Waals surface area contributed by atoms with E-state index in [2.05, 4.69) is 16.8 Å². The Labute approximate surface area is 78.4 Å². The van der Waals surface area contributed by atoms with Crippen molar-refractivity contribution in [2.24, 2.45) is 0 Å². The van der Waals surface area contributed by atoms with Crippen LogP contribution in [0.5, 0.6) is 0 Å². The Bertz CT molecular complexity index is 271. The molecule has 2 rings (SSSR count). The zero-order chi connectivity index (χ0) is 8.39. The number of thiophene rings is 1. The van der Waals surface area contributed by atoms with Gasteiger partial charge in [-0.1, -0.05) is 6.07 Å². The highest BCUT2D eigenvalue weighted by Gasteiger charge is 2.19. The molecular formula is C8H11NOS2. The van der Waals surface area contributed by atoms with Crippen LogP contribution in [0.3, 0.4) is 0 Å². The molecule has 1 N–H and O–H groups in total. The highest BCUT2D eigenvalue weighted by molar-refractivity contribution is 7.85. The van der Waals surface area contributed by atoms with Gasteiger partial charge in [0.05, 0.1) is 6.04 Å². The van der Waals surface area contributed by atoms with Gasteiger partial charge >= 0.3 is 0 Å². The maximum atomic E-state index is 11.2. The molecule has 0 aromatic carbocycles. The van der Waals surface area contributed by atoms with E-state index < -0.39 is 10.8 Å². The lowest BCUT2D eigenvalue weighted by Crippen LogP contribution is -2.35. The molecule has 1 aromatic rings. The minimum absolute atomic E-state index is 0.333. The Kier molecular flexibility index (Phi) is 2.58. The van der Waals surface area contributed by atoms with Gasteiger partial charge in [0.15, 0.2) is 0 Å². The van der Waals surface area contributed by atoms with Crippen LogP contribution in [0.15, 0.2) is 17.5 Å². The molecule has 0 radical (unpaired) electrons. The first kappa shape index (κ1) is 8.41. The summed E-state index contributed by atoms with van der Waals surface area (Å²) in [6.07, 6.45) is 0. The van der Waals surface area contributed by atoms with Crippen molar-refractivity contribution < 1.29 is 4.21 Å². The molecule has 0 saturated carbocycles. The Balaban J connectivity index is 2.09. The lowest BCUT2D eigenvalue weighted by molar-refractivity contribution is 0.579. The SMILES string of the molecule is O=S1CCNC(c2cccs2)C1. The van der Waals surface area contributed by atoms with Crippen molar-refractivity contribution in [3.63, 3.8) is 0 Å². The third-order valence-electron chi connectivity index (χ3n) is 1.96. The molecule has 0 bridgehead atoms. The fourth-order valence-corrected chi connectivity index (χ4v) is 3.44. The van der Waals surface area contributed by atoms with Crippen LogP contribution >= 0.6 is 11.3 Å². The Morgan fingerprint density at radius 3 is 3.25 bits per heavy atom. The molecule has 66 valence electrons. The number of hydrogen-bond acceptors (Lipinski definition) is 3. The molecule has 1 aromatic heterocycles. The van der Waals surface area contributed by atoms with E-state index in [4.69, 9.17) is 0 Å². The minimum atomic E-state index is -0.611. The third-order valence-corrected chi connectivity index (χ3v) is 4.31. The molecular weight excluding hydrogens is 190 g/mol. The van der Waals surface area contributed by atoms with Crippen LogP contribution in [0.1, 0.15) is 10.9 Å². The van der Waals surface area contributed by atoms with Crippen LogP contribution in [-0.2, 0) is 10.8 Å². The van der Waals surface area contributed by atoms with E-state index in [1.165, 1.54) is 4.88 Å². The molecule has 1 fully saturated rings. The minimum Gasteiger partial charge on any atom is -0.308 e. The van der Waals surface area contributed by atoms with E-state index in [9.17, 15) is 4.21 Å². The average Bonchev–Trinajstić information content (AvgIpc) is 2.56. The van der Waals surface area contributed by atoms with Gasteiger partial charge < -0.3 is 5.32 Å². The second-order valence-electron chi connectivity index (χ2n) is 2.83. The maximum Gasteiger partial charge on any atom is 0.0531 e. The molecule has 0 aliphatic carbocycles. The zero-order valence-electron chi connectivity index (χ0n) is 6.66. The van der Waals surface area contributed by atoms with E-state index in [1.807, 2.05) is 6.07 Å². The first-order valence-electron chi connectivity index (χ1n) is 3.98. The number of rotatable bonds is 1. The van der Waals surface area contributed by atoms with Crippen molar-refractivity contribution in [2.45, 2.75) is 6.04 Å². The second-order valence-corrected chi connectivity index (χ2v) is 5.43. The standard InChI is InChI=1S/C8H11NOS2/c10-12-5-3-9-7(6-12)8-2-1-4-11-8/h1-2,4,7,9H,3,5-6H2. The molecule has 2 nitrogen and oxygen atoms in total. The normalized spacial score (nSPS) is 30.3. The summed E-state index contributed by atoms with van der Waals surface area (Å²) in [6.45, 7) is 0.884. The number of nitrogens with one attached hydrogen (secondary N) is 1. The molecule has 2 unspecified atom stereocenters. The molecule has 0 amide bonds. The number of hydrogen-bond donors (Lipinski definition) is 1. The van der Waals surface area contributed by atoms with E-state index in [-0.39, 0.29) is 0 Å². The first-order chi connectivity index (χ1) is 5.86. The van der Waals surface area contributed by atoms with Crippen LogP contribution in [0.2, 0.25) is 0 Å². The quantitative estimate of drug-likeness (QED) is 0.738. The summed E-state index contributed by atoms with van der Waals surface area (Å²) in [5.41, 5.74) is 0. The van der Waals surface area contributed by atoms with E-state index >= 15 is 0 Å². The van der Waals surface area contributed by atoms with Crippen LogP contribution in [-0.4, -0.2) is 22.3 Å². The highest BCUT2D eigenvalue weighted by Crippen LogP contribution is 2.21. The largest absolute Gasteiger partial charge is 0.308 e. The summed E-state index contributed by atoms with van der Waals surface area (Å²) in [6, 6.07) is 4.48. The van der Waals surface area contributed by atoms with Crippen molar-refractivity contribution >= 4 is 22.1 Å². The molecule has 12 heavy (non-hydrogen) atoms. The van der Waals surface area contributed by atoms with Gasteiger partial charge in [-0.05, 0) is 11.4 Å². The Morgan fingerprint density at radius 2 is 2.58 bits per heavy atom. The lowest BCUT2D eigenvalue weighted by Gasteiger charge is -2.21. The van der Waals surface area contributed by atoms with Crippen LogP contribution < -0.4 is 5.32 Å². The monoisotopic (exact) mass is 201 g/mol. The highest BCUT2D eigenvalue weighted by atomic mass is 32.2. The van der Waals surface area contributed by atoms with Crippen LogP contribution in [0, 0.1) is 0 Å². The smallest absolute Gasteiger partial charge is 0.0531 e. The third kappa shape index (κ3) is 1.76. The second kappa shape index (κ2) is 3.68. The van der Waals surface area contributed by atoms with E-state index in [0.29, 0.717) is 6.04 Å². The molecule has 0 spiro atoms. The summed E-state index contributed by atoms with van der Waals surface area (Å²) in [5, 5.41) is 5.43. The van der Waals surface area contributed by atoms with Crippen molar-refractivity contribution in [3.8, 4) is 0 Å². The van der Waals surface area contributed by atoms with E-state index in [1.54, 1.807) is 11.3 Å². The van der Waals surface area contributed by atoms with Gasteiger partial charge in [-0.3, -0.25) is 4.21 Å². The van der Waals surface area contributed by atoms with Crippen molar-refractivity contribution in [1.82, 2.24) is 5.32 Å². The van der Waals surface area contributed by atoms with Crippen LogP contribution in [0.4, 0.5) is 0 Å². The molecule has 2 atom stereocenters. The van der Waals surface area contributed by atoms with Crippen molar-refractivity contribution in [2.75, 3.05) is 18.1 Å². The topological polar surface area (TPSA) is 29.1 Å². The average molecular weight is 201 g/mol. The first-order valence-corrected chi connectivity index (χ1v) is 6.35. The molecule has 1 aliphatic heterocycles. The van der Waals surface area contributed by atoms with Crippen LogP contribution in [0.25, 0.3) is 0 Å². The van der Waals surface area contributed by atoms with Gasteiger partial charge in [-0.25, -0.2) is 0 Å². The summed E-state index contributed by atoms with van der Waals surface area (Å²) in [5.74, 6) is 1.59. The van der Waals surface area contributed by atoms with Gasteiger partial charge in [-0.2, -0.15) is 0 Å². The predicted octanol–water partition coefficient (Wildman–Crippen LogP) is 1.14. The fourth-order valence-electron chi connectivity index (χ4n) is 1.35. The van der Waals surface area contributed by atoms with Gasteiger partial charge in [-0.15, -0.1) is 11.3 Å². The van der Waals surface area contributed by atoms with Gasteiger partial charge in [0.25, 0.3) is 0 Å². The van der Waals surface area contributed by atoms with E-state index in [0.717, 1.165) is 18.1 Å². The zero-order valence-corrected chi connectivity index (χ0v) is 8.29. The van der Waals surface area contributed by atoms with Gasteiger partial charge in [0.2, 0.25) is 0 Å². The maximum absolute atomic E-state index is 11.2. The molecule has 1 saturated heterocycles. The van der Waals surface area contributed by atoms with Crippen molar-refractivity contribution in [1.29, 1.82) is 0 Å². The molecule has 2 heterocycles. The lowest BCUT2D eigenvalue weighted by atomic mass is 10.3. The fraction of sp³-hybridized carbons (Fsp3) is 0.500. The summed E-state index contributed by atoms with van der Waals surface area (Å²) in [7, 11) is -0.611. The van der Waals surface area contributed by atoms with Gasteiger partial charge in [0, 0.05) is 33.7 Å². The Hall–Kier alpha value is -0.190. The molecule has 1 aliphatic rings. The van der Waals surface area contributed by atoms with Gasteiger partial charge in [0.1, 0.15) is 0 Å². The Morgan fingerprint density at radius 1 is 1.67 bits per heavy atom.